The first-order valence-corrected chi connectivity index (χ1v) is 5.60. The van der Waals surface area contributed by atoms with E-state index in [1.165, 1.54) is 0 Å². The van der Waals surface area contributed by atoms with Gasteiger partial charge in [0.2, 0.25) is 0 Å². The average molecular weight is 214 g/mol. The molecule has 0 aromatic heterocycles. The standard InChI is InChI=1S/C13H14N2O/c1-12-6-2-3-7-13(8-14,9-15)10(12)4-5-11(12)16/h2-3,10H,4-7H2,1H3. The highest BCUT2D eigenvalue weighted by molar-refractivity contribution is 5.87. The number of carbonyl (C=O) groups excluding carboxylic acids is 1. The van der Waals surface area contributed by atoms with Crippen LogP contribution in [-0.2, 0) is 4.79 Å². The van der Waals surface area contributed by atoms with E-state index in [1.807, 2.05) is 19.1 Å². The second-order valence-electron chi connectivity index (χ2n) is 5.01. The predicted molar refractivity (Wildman–Crippen MR) is 57.9 cm³/mol. The third-order valence-electron chi connectivity index (χ3n) is 4.21. The molecule has 0 radical (unpaired) electrons. The predicted octanol–water partition coefficient (Wildman–Crippen LogP) is 2.36. The summed E-state index contributed by atoms with van der Waals surface area (Å²) in [6, 6.07) is 4.32. The van der Waals surface area contributed by atoms with Gasteiger partial charge in [0.05, 0.1) is 12.1 Å². The minimum absolute atomic E-state index is 0.113. The first-order valence-electron chi connectivity index (χ1n) is 5.60. The molecule has 0 amide bonds. The zero-order valence-electron chi connectivity index (χ0n) is 9.36. The van der Waals surface area contributed by atoms with Crippen LogP contribution >= 0.6 is 0 Å². The van der Waals surface area contributed by atoms with Gasteiger partial charge in [-0.15, -0.1) is 0 Å². The Balaban J connectivity index is 2.53. The lowest BCUT2D eigenvalue weighted by atomic mass is 9.64. The molecule has 0 N–H and O–H groups in total. The van der Waals surface area contributed by atoms with Crippen molar-refractivity contribution in [3.8, 4) is 12.1 Å². The third kappa shape index (κ3) is 1.21. The summed E-state index contributed by atoms with van der Waals surface area (Å²) in [5.41, 5.74) is -1.51. The number of hydrogen-bond donors (Lipinski definition) is 0. The van der Waals surface area contributed by atoms with Gasteiger partial charge in [-0.2, -0.15) is 10.5 Å². The molecule has 3 heteroatoms. The van der Waals surface area contributed by atoms with E-state index in [4.69, 9.17) is 0 Å². The van der Waals surface area contributed by atoms with Crippen molar-refractivity contribution in [2.24, 2.45) is 16.7 Å². The maximum absolute atomic E-state index is 11.9. The summed E-state index contributed by atoms with van der Waals surface area (Å²) in [4.78, 5) is 11.9. The van der Waals surface area contributed by atoms with E-state index in [9.17, 15) is 15.3 Å². The van der Waals surface area contributed by atoms with Gasteiger partial charge in [0, 0.05) is 17.8 Å². The van der Waals surface area contributed by atoms with Crippen LogP contribution in [-0.4, -0.2) is 5.78 Å². The maximum Gasteiger partial charge on any atom is 0.151 e. The zero-order chi connectivity index (χ0) is 11.8. The van der Waals surface area contributed by atoms with E-state index >= 15 is 0 Å². The highest BCUT2D eigenvalue weighted by atomic mass is 16.1. The summed E-state index contributed by atoms with van der Waals surface area (Å²) in [6.45, 7) is 1.91. The smallest absolute Gasteiger partial charge is 0.151 e. The summed E-state index contributed by atoms with van der Waals surface area (Å²) in [7, 11) is 0. The Morgan fingerprint density at radius 1 is 1.31 bits per heavy atom. The molecule has 1 saturated carbocycles. The number of fused-ring (bicyclic) bond motifs is 1. The topological polar surface area (TPSA) is 64.7 Å². The second kappa shape index (κ2) is 3.46. The zero-order valence-corrected chi connectivity index (χ0v) is 9.36. The van der Waals surface area contributed by atoms with E-state index in [0.29, 0.717) is 25.7 Å². The highest BCUT2D eigenvalue weighted by Gasteiger charge is 2.56. The van der Waals surface area contributed by atoms with Gasteiger partial charge in [0.15, 0.2) is 5.41 Å². The molecule has 2 atom stereocenters. The molecule has 2 unspecified atom stereocenters. The Kier molecular flexibility index (Phi) is 2.35. The summed E-state index contributed by atoms with van der Waals surface area (Å²) in [6.07, 6.45) is 6.14. The molecule has 82 valence electrons. The van der Waals surface area contributed by atoms with Crippen molar-refractivity contribution in [1.29, 1.82) is 10.5 Å². The molecule has 0 aromatic carbocycles. The van der Waals surface area contributed by atoms with Crippen molar-refractivity contribution in [2.45, 2.75) is 32.6 Å². The Labute approximate surface area is 95.4 Å². The summed E-state index contributed by atoms with van der Waals surface area (Å²) < 4.78 is 0. The number of nitriles is 2. The lowest BCUT2D eigenvalue weighted by Gasteiger charge is -2.34. The van der Waals surface area contributed by atoms with Crippen LogP contribution in [0.25, 0.3) is 0 Å². The summed E-state index contributed by atoms with van der Waals surface area (Å²) >= 11 is 0. The largest absolute Gasteiger partial charge is 0.299 e. The number of allylic oxidation sites excluding steroid dienone is 2. The SMILES string of the molecule is CC12CC=CCC(C#N)(C#N)C1CCC2=O. The fourth-order valence-corrected chi connectivity index (χ4v) is 3.13. The molecule has 0 saturated heterocycles. The number of Topliss-reactive ketones (excluding diaryl/α,β-unsaturated/α-hetero) is 1. The summed E-state index contributed by atoms with van der Waals surface area (Å²) in [5.74, 6) is 0.0939. The molecule has 0 spiro atoms. The number of rotatable bonds is 0. The number of ketones is 1. The van der Waals surface area contributed by atoms with Crippen LogP contribution in [0.2, 0.25) is 0 Å². The van der Waals surface area contributed by atoms with E-state index in [1.54, 1.807) is 0 Å². The fraction of sp³-hybridized carbons (Fsp3) is 0.615. The molecular weight excluding hydrogens is 200 g/mol. The molecule has 3 nitrogen and oxygen atoms in total. The van der Waals surface area contributed by atoms with Crippen LogP contribution < -0.4 is 0 Å². The van der Waals surface area contributed by atoms with Crippen LogP contribution in [0.3, 0.4) is 0 Å². The van der Waals surface area contributed by atoms with Crippen LogP contribution in [0.4, 0.5) is 0 Å². The van der Waals surface area contributed by atoms with Gasteiger partial charge in [-0.05, 0) is 19.3 Å². The van der Waals surface area contributed by atoms with Gasteiger partial charge >= 0.3 is 0 Å². The van der Waals surface area contributed by atoms with Gasteiger partial charge in [0.25, 0.3) is 0 Å². The minimum Gasteiger partial charge on any atom is -0.299 e. The first-order chi connectivity index (χ1) is 7.59. The van der Waals surface area contributed by atoms with Gasteiger partial charge < -0.3 is 0 Å². The van der Waals surface area contributed by atoms with Crippen molar-refractivity contribution >= 4 is 5.78 Å². The van der Waals surface area contributed by atoms with Crippen molar-refractivity contribution in [3.63, 3.8) is 0 Å². The maximum atomic E-state index is 11.9. The molecule has 1 fully saturated rings. The minimum atomic E-state index is -1.01. The van der Waals surface area contributed by atoms with E-state index in [2.05, 4.69) is 12.1 Å². The molecular formula is C13H14N2O. The molecule has 0 heterocycles. The van der Waals surface area contributed by atoms with Gasteiger partial charge in [-0.3, -0.25) is 4.79 Å². The molecule has 0 bridgehead atoms. The molecule has 2 aliphatic carbocycles. The quantitative estimate of drug-likeness (QED) is 0.581. The number of carbonyl (C=O) groups is 1. The monoisotopic (exact) mass is 214 g/mol. The Bertz CT molecular complexity index is 424. The van der Waals surface area contributed by atoms with Crippen LogP contribution in [0.1, 0.15) is 32.6 Å². The third-order valence-corrected chi connectivity index (χ3v) is 4.21. The normalized spacial score (nSPS) is 35.9. The average Bonchev–Trinajstić information content (AvgIpc) is 2.50. The van der Waals surface area contributed by atoms with E-state index in [-0.39, 0.29) is 11.7 Å². The van der Waals surface area contributed by atoms with Crippen molar-refractivity contribution in [2.75, 3.05) is 0 Å². The van der Waals surface area contributed by atoms with Crippen molar-refractivity contribution in [1.82, 2.24) is 0 Å². The van der Waals surface area contributed by atoms with Crippen molar-refractivity contribution in [3.05, 3.63) is 12.2 Å². The molecule has 2 rings (SSSR count). The van der Waals surface area contributed by atoms with E-state index < -0.39 is 10.8 Å². The lowest BCUT2D eigenvalue weighted by molar-refractivity contribution is -0.126. The van der Waals surface area contributed by atoms with Crippen LogP contribution in [0.15, 0.2) is 12.2 Å². The van der Waals surface area contributed by atoms with Gasteiger partial charge in [-0.1, -0.05) is 19.1 Å². The number of nitrogens with zero attached hydrogens (tertiary/aromatic N) is 2. The van der Waals surface area contributed by atoms with Crippen LogP contribution in [0.5, 0.6) is 0 Å². The van der Waals surface area contributed by atoms with E-state index in [0.717, 1.165) is 0 Å². The first kappa shape index (κ1) is 10.9. The lowest BCUT2D eigenvalue weighted by Crippen LogP contribution is -2.38. The molecule has 0 aliphatic heterocycles. The second-order valence-corrected chi connectivity index (χ2v) is 5.01. The molecule has 16 heavy (non-hydrogen) atoms. The van der Waals surface area contributed by atoms with Crippen molar-refractivity contribution < 1.29 is 4.79 Å². The Morgan fingerprint density at radius 3 is 2.56 bits per heavy atom. The molecule has 0 aromatic rings. The molecule has 2 aliphatic rings. The highest BCUT2D eigenvalue weighted by Crippen LogP contribution is 2.54. The van der Waals surface area contributed by atoms with Crippen LogP contribution in [0, 0.1) is 39.4 Å². The Hall–Kier alpha value is -1.61. The Morgan fingerprint density at radius 2 is 1.94 bits per heavy atom. The number of hydrogen-bond acceptors (Lipinski definition) is 3. The van der Waals surface area contributed by atoms with Gasteiger partial charge in [-0.25, -0.2) is 0 Å². The fourth-order valence-electron chi connectivity index (χ4n) is 3.13. The van der Waals surface area contributed by atoms with Gasteiger partial charge in [0.1, 0.15) is 5.78 Å². The summed E-state index contributed by atoms with van der Waals surface area (Å²) in [5, 5.41) is 18.6.